The van der Waals surface area contributed by atoms with Gasteiger partial charge in [0.05, 0.1) is 19.2 Å². The highest BCUT2D eigenvalue weighted by Gasteiger charge is 2.47. The minimum Gasteiger partial charge on any atom is -0.497 e. The Hall–Kier alpha value is -3.61. The molecule has 8 nitrogen and oxygen atoms in total. The monoisotopic (exact) mass is 449 g/mol. The van der Waals surface area contributed by atoms with E-state index in [1.807, 2.05) is 36.4 Å². The SMILES string of the molecule is COc1ccc2c(CN3CCC4(CC3)CN(c3ccccc3)C(=O)O4)cn(C)c2c1.O=C=O. The Morgan fingerprint density at radius 1 is 1.09 bits per heavy atom. The fourth-order valence-corrected chi connectivity index (χ4v) is 4.75. The summed E-state index contributed by atoms with van der Waals surface area (Å²) < 4.78 is 13.4. The Morgan fingerprint density at radius 3 is 2.45 bits per heavy atom. The molecule has 0 bridgehead atoms. The molecule has 1 aromatic heterocycles. The Bertz CT molecular complexity index is 1160. The van der Waals surface area contributed by atoms with Gasteiger partial charge in [0.25, 0.3) is 0 Å². The van der Waals surface area contributed by atoms with E-state index in [1.165, 1.54) is 16.5 Å². The van der Waals surface area contributed by atoms with Crippen LogP contribution >= 0.6 is 0 Å². The molecule has 3 aromatic rings. The lowest BCUT2D eigenvalue weighted by molar-refractivity contribution is -0.191. The molecule has 0 N–H and O–H groups in total. The van der Waals surface area contributed by atoms with Crippen molar-refractivity contribution in [2.75, 3.05) is 31.6 Å². The Kier molecular flexibility index (Phi) is 6.49. The number of aromatic nitrogens is 1. The van der Waals surface area contributed by atoms with E-state index in [4.69, 9.17) is 19.1 Å². The number of fused-ring (bicyclic) bond motifs is 1. The van der Waals surface area contributed by atoms with Crippen LogP contribution in [-0.2, 0) is 27.9 Å². The standard InChI is InChI=1S/C24H27N3O3.CO2/c1-25-15-18(21-9-8-20(29-2)14-22(21)25)16-26-12-10-24(11-13-26)17-27(23(28)30-24)19-6-4-3-5-7-19;2-1-3/h3-9,14-15H,10-13,16-17H2,1-2H3;. The molecule has 0 radical (unpaired) electrons. The zero-order valence-electron chi connectivity index (χ0n) is 18.8. The predicted molar refractivity (Wildman–Crippen MR) is 122 cm³/mol. The zero-order valence-corrected chi connectivity index (χ0v) is 18.8. The molecule has 2 aliphatic rings. The first-order chi connectivity index (χ1) is 16.0. The average molecular weight is 450 g/mol. The van der Waals surface area contributed by atoms with E-state index >= 15 is 0 Å². The summed E-state index contributed by atoms with van der Waals surface area (Å²) in [6.45, 7) is 3.37. The number of carbonyl (C=O) groups excluding carboxylic acids is 3. The predicted octanol–water partition coefficient (Wildman–Crippen LogP) is 3.59. The van der Waals surface area contributed by atoms with E-state index < -0.39 is 0 Å². The fourth-order valence-electron chi connectivity index (χ4n) is 4.75. The number of nitrogens with zero attached hydrogens (tertiary/aromatic N) is 3. The van der Waals surface area contributed by atoms with Crippen LogP contribution in [0.1, 0.15) is 18.4 Å². The van der Waals surface area contributed by atoms with Crippen molar-refractivity contribution in [3.8, 4) is 5.75 Å². The third kappa shape index (κ3) is 4.62. The summed E-state index contributed by atoms with van der Waals surface area (Å²) in [6, 6.07) is 16.0. The van der Waals surface area contributed by atoms with Crippen molar-refractivity contribution in [1.82, 2.24) is 9.47 Å². The van der Waals surface area contributed by atoms with Gasteiger partial charge >= 0.3 is 12.2 Å². The highest BCUT2D eigenvalue weighted by molar-refractivity contribution is 5.90. The highest BCUT2D eigenvalue weighted by atomic mass is 16.6. The molecule has 2 fully saturated rings. The van der Waals surface area contributed by atoms with Crippen LogP contribution in [0.5, 0.6) is 5.75 Å². The molecule has 2 aliphatic heterocycles. The van der Waals surface area contributed by atoms with Crippen molar-refractivity contribution >= 4 is 28.8 Å². The molecular formula is C25H27N3O5. The van der Waals surface area contributed by atoms with Gasteiger partial charge in [0.1, 0.15) is 11.4 Å². The Morgan fingerprint density at radius 2 is 1.79 bits per heavy atom. The number of hydrogen-bond acceptors (Lipinski definition) is 6. The number of amides is 1. The van der Waals surface area contributed by atoms with Crippen LogP contribution in [0.3, 0.4) is 0 Å². The van der Waals surface area contributed by atoms with E-state index in [0.29, 0.717) is 6.54 Å². The fraction of sp³-hybridized carbons (Fsp3) is 0.360. The van der Waals surface area contributed by atoms with Crippen molar-refractivity contribution in [1.29, 1.82) is 0 Å². The summed E-state index contributed by atoms with van der Waals surface area (Å²) in [6.07, 6.45) is 3.96. The molecule has 2 aromatic carbocycles. The van der Waals surface area contributed by atoms with Crippen LogP contribution in [0, 0.1) is 0 Å². The molecular weight excluding hydrogens is 422 g/mol. The van der Waals surface area contributed by atoms with Gasteiger partial charge in [-0.1, -0.05) is 18.2 Å². The quantitative estimate of drug-likeness (QED) is 0.606. The van der Waals surface area contributed by atoms with Gasteiger partial charge in [0.2, 0.25) is 0 Å². The lowest BCUT2D eigenvalue weighted by Crippen LogP contribution is -2.46. The molecule has 1 spiro atoms. The smallest absolute Gasteiger partial charge is 0.415 e. The molecule has 0 saturated carbocycles. The number of para-hydroxylation sites is 1. The summed E-state index contributed by atoms with van der Waals surface area (Å²) in [4.78, 5) is 33.0. The summed E-state index contributed by atoms with van der Waals surface area (Å²) in [5.74, 6) is 0.876. The number of rotatable bonds is 4. The largest absolute Gasteiger partial charge is 0.497 e. The molecule has 0 unspecified atom stereocenters. The molecule has 8 heteroatoms. The van der Waals surface area contributed by atoms with Gasteiger partial charge < -0.3 is 14.0 Å². The van der Waals surface area contributed by atoms with Gasteiger partial charge in [-0.05, 0) is 29.8 Å². The van der Waals surface area contributed by atoms with Gasteiger partial charge in [0, 0.05) is 62.9 Å². The first-order valence-electron chi connectivity index (χ1n) is 10.9. The van der Waals surface area contributed by atoms with Gasteiger partial charge in [-0.3, -0.25) is 9.80 Å². The number of benzene rings is 2. The first-order valence-corrected chi connectivity index (χ1v) is 10.9. The molecule has 2 saturated heterocycles. The second-order valence-corrected chi connectivity index (χ2v) is 8.48. The number of likely N-dealkylation sites (tertiary alicyclic amines) is 1. The summed E-state index contributed by atoms with van der Waals surface area (Å²) >= 11 is 0. The lowest BCUT2D eigenvalue weighted by Gasteiger charge is -2.37. The van der Waals surface area contributed by atoms with Crippen molar-refractivity contribution in [3.63, 3.8) is 0 Å². The molecule has 1 amide bonds. The van der Waals surface area contributed by atoms with Crippen molar-refractivity contribution < 1.29 is 23.9 Å². The average Bonchev–Trinajstić information content (AvgIpc) is 3.32. The second-order valence-electron chi connectivity index (χ2n) is 8.48. The van der Waals surface area contributed by atoms with Crippen molar-refractivity contribution in [2.45, 2.75) is 25.0 Å². The third-order valence-electron chi connectivity index (χ3n) is 6.48. The topological polar surface area (TPSA) is 81.1 Å². The third-order valence-corrected chi connectivity index (χ3v) is 6.48. The van der Waals surface area contributed by atoms with Crippen LogP contribution in [0.15, 0.2) is 54.7 Å². The van der Waals surface area contributed by atoms with Crippen LogP contribution < -0.4 is 9.64 Å². The molecule has 5 rings (SSSR count). The van der Waals surface area contributed by atoms with Gasteiger partial charge in [0.15, 0.2) is 0 Å². The number of piperidine rings is 1. The number of hydrogen-bond donors (Lipinski definition) is 0. The van der Waals surface area contributed by atoms with Crippen LogP contribution in [0.4, 0.5) is 10.5 Å². The summed E-state index contributed by atoms with van der Waals surface area (Å²) in [7, 11) is 3.77. The molecule has 0 atom stereocenters. The van der Waals surface area contributed by atoms with E-state index in [9.17, 15) is 4.79 Å². The zero-order chi connectivity index (χ0) is 23.4. The summed E-state index contributed by atoms with van der Waals surface area (Å²) in [5, 5.41) is 1.26. The summed E-state index contributed by atoms with van der Waals surface area (Å²) in [5.41, 5.74) is 3.05. The minimum absolute atomic E-state index is 0.224. The minimum atomic E-state index is -0.366. The van der Waals surface area contributed by atoms with Gasteiger partial charge in [-0.2, -0.15) is 9.59 Å². The van der Waals surface area contributed by atoms with Gasteiger partial charge in [-0.15, -0.1) is 0 Å². The maximum atomic E-state index is 12.5. The van der Waals surface area contributed by atoms with Crippen LogP contribution in [-0.4, -0.2) is 54.1 Å². The van der Waals surface area contributed by atoms with E-state index in [1.54, 1.807) is 12.0 Å². The van der Waals surface area contributed by atoms with Crippen molar-refractivity contribution in [3.05, 3.63) is 60.3 Å². The Balaban J connectivity index is 0.000000821. The van der Waals surface area contributed by atoms with Crippen molar-refractivity contribution in [2.24, 2.45) is 7.05 Å². The molecule has 172 valence electrons. The van der Waals surface area contributed by atoms with E-state index in [-0.39, 0.29) is 17.8 Å². The van der Waals surface area contributed by atoms with E-state index in [2.05, 4.69) is 34.8 Å². The molecule has 0 aliphatic carbocycles. The number of carbonyl (C=O) groups is 1. The first kappa shape index (κ1) is 22.6. The van der Waals surface area contributed by atoms with Crippen LogP contribution in [0.25, 0.3) is 10.9 Å². The highest BCUT2D eigenvalue weighted by Crippen LogP contribution is 2.36. The number of anilines is 1. The number of aryl methyl sites for hydroxylation is 1. The Labute approximate surface area is 192 Å². The van der Waals surface area contributed by atoms with Gasteiger partial charge in [-0.25, -0.2) is 4.79 Å². The van der Waals surface area contributed by atoms with E-state index in [0.717, 1.165) is 43.9 Å². The number of ether oxygens (including phenoxy) is 2. The normalized spacial score (nSPS) is 17.4. The maximum absolute atomic E-state index is 12.5. The van der Waals surface area contributed by atoms with Crippen LogP contribution in [0.2, 0.25) is 0 Å². The second kappa shape index (κ2) is 9.48. The lowest BCUT2D eigenvalue weighted by atomic mass is 9.91. The maximum Gasteiger partial charge on any atom is 0.415 e. The number of methoxy groups -OCH3 is 1. The molecule has 3 heterocycles. The molecule has 33 heavy (non-hydrogen) atoms.